The number of hydrogen-bond acceptors (Lipinski definition) is 4. The lowest BCUT2D eigenvalue weighted by molar-refractivity contribution is 0.0708. The van der Waals surface area contributed by atoms with Gasteiger partial charge in [0.2, 0.25) is 0 Å². The maximum atomic E-state index is 12.8. The molecule has 1 amide bonds. The molecule has 1 fully saturated rings. The molecule has 3 rings (SSSR count). The van der Waals surface area contributed by atoms with Crippen LogP contribution in [0, 0.1) is 0 Å². The Morgan fingerprint density at radius 2 is 1.81 bits per heavy atom. The Bertz CT molecular complexity index is 847. The average molecular weight is 373 g/mol. The first-order chi connectivity index (χ1) is 12.5. The third-order valence-corrected chi connectivity index (χ3v) is 6.35. The first-order valence-electron chi connectivity index (χ1n) is 8.76. The Morgan fingerprint density at radius 1 is 1.12 bits per heavy atom. The van der Waals surface area contributed by atoms with Crippen molar-refractivity contribution in [3.8, 4) is 5.75 Å². The molecule has 0 bridgehead atoms. The van der Waals surface area contributed by atoms with Gasteiger partial charge in [0, 0.05) is 18.2 Å². The number of ether oxygens (including phenoxy) is 1. The maximum absolute atomic E-state index is 12.8. The van der Waals surface area contributed by atoms with Crippen LogP contribution in [0.3, 0.4) is 0 Å². The zero-order valence-corrected chi connectivity index (χ0v) is 15.6. The molecule has 26 heavy (non-hydrogen) atoms. The number of para-hydroxylation sites is 1. The molecule has 138 valence electrons. The Morgan fingerprint density at radius 3 is 2.38 bits per heavy atom. The van der Waals surface area contributed by atoms with E-state index in [1.165, 1.54) is 0 Å². The Kier molecular flexibility index (Phi) is 5.61. The highest BCUT2D eigenvalue weighted by atomic mass is 32.2. The second kappa shape index (κ2) is 7.91. The minimum Gasteiger partial charge on any atom is -0.489 e. The van der Waals surface area contributed by atoms with Gasteiger partial charge in [-0.15, -0.1) is 0 Å². The van der Waals surface area contributed by atoms with Crippen LogP contribution in [0.1, 0.15) is 29.3 Å². The van der Waals surface area contributed by atoms with E-state index in [9.17, 15) is 13.2 Å². The van der Waals surface area contributed by atoms with Gasteiger partial charge in [-0.05, 0) is 43.2 Å². The molecule has 2 aromatic rings. The summed E-state index contributed by atoms with van der Waals surface area (Å²) in [4.78, 5) is 14.4. The van der Waals surface area contributed by atoms with Gasteiger partial charge in [0.25, 0.3) is 5.91 Å². The normalized spacial score (nSPS) is 18.4. The van der Waals surface area contributed by atoms with Crippen molar-refractivity contribution in [3.63, 3.8) is 0 Å². The Hall–Kier alpha value is -2.34. The first-order valence-corrected chi connectivity index (χ1v) is 10.6. The minimum absolute atomic E-state index is 0.0651. The van der Waals surface area contributed by atoms with Crippen LogP contribution in [0.15, 0.2) is 54.6 Å². The fraction of sp³-hybridized carbons (Fsp3) is 0.350. The summed E-state index contributed by atoms with van der Waals surface area (Å²) in [5, 5.41) is 0. The van der Waals surface area contributed by atoms with Gasteiger partial charge in [0.15, 0.2) is 9.84 Å². The summed E-state index contributed by atoms with van der Waals surface area (Å²) in [5.41, 5.74) is 1.54. The van der Waals surface area contributed by atoms with Crippen LogP contribution >= 0.6 is 0 Å². The number of sulfone groups is 1. The maximum Gasteiger partial charge on any atom is 0.254 e. The van der Waals surface area contributed by atoms with Crippen molar-refractivity contribution in [2.45, 2.75) is 26.0 Å². The van der Waals surface area contributed by atoms with E-state index in [2.05, 4.69) is 0 Å². The molecule has 0 radical (unpaired) electrons. The summed E-state index contributed by atoms with van der Waals surface area (Å²) < 4.78 is 29.1. The summed E-state index contributed by atoms with van der Waals surface area (Å²) in [7, 11) is -3.02. The zero-order valence-electron chi connectivity index (χ0n) is 14.8. The summed E-state index contributed by atoms with van der Waals surface area (Å²) in [6.45, 7) is 2.81. The highest BCUT2D eigenvalue weighted by Crippen LogP contribution is 2.20. The van der Waals surface area contributed by atoms with Crippen LogP contribution in [0.25, 0.3) is 0 Å². The number of hydrogen-bond donors (Lipinski definition) is 0. The van der Waals surface area contributed by atoms with E-state index in [1.807, 2.05) is 49.4 Å². The third kappa shape index (κ3) is 4.43. The quantitative estimate of drug-likeness (QED) is 0.781. The summed E-state index contributed by atoms with van der Waals surface area (Å²) in [6, 6.07) is 16.6. The second-order valence-corrected chi connectivity index (χ2v) is 8.68. The van der Waals surface area contributed by atoms with Crippen molar-refractivity contribution in [1.29, 1.82) is 0 Å². The van der Waals surface area contributed by atoms with Crippen LogP contribution in [0.5, 0.6) is 5.75 Å². The number of benzene rings is 2. The van der Waals surface area contributed by atoms with Crippen LogP contribution < -0.4 is 4.74 Å². The lowest BCUT2D eigenvalue weighted by atomic mass is 10.1. The van der Waals surface area contributed by atoms with Gasteiger partial charge in [0.1, 0.15) is 12.4 Å². The Labute approximate surface area is 154 Å². The van der Waals surface area contributed by atoms with Crippen molar-refractivity contribution in [2.24, 2.45) is 0 Å². The van der Waals surface area contributed by atoms with Gasteiger partial charge in [-0.25, -0.2) is 8.42 Å². The highest BCUT2D eigenvalue weighted by molar-refractivity contribution is 7.91. The summed E-state index contributed by atoms with van der Waals surface area (Å²) in [6.07, 6.45) is 0.519. The van der Waals surface area contributed by atoms with Gasteiger partial charge in [-0.3, -0.25) is 4.79 Å². The van der Waals surface area contributed by atoms with Crippen molar-refractivity contribution in [2.75, 3.05) is 18.1 Å². The molecule has 0 saturated carbocycles. The lowest BCUT2D eigenvalue weighted by Crippen LogP contribution is -2.40. The van der Waals surface area contributed by atoms with E-state index in [1.54, 1.807) is 17.0 Å². The minimum atomic E-state index is -3.02. The monoisotopic (exact) mass is 373 g/mol. The molecule has 1 aliphatic rings. The number of rotatable bonds is 6. The SMILES string of the molecule is CCN(C(=O)c1ccc(COc2ccccc2)cc1)C1CCS(=O)(=O)C1. The second-order valence-electron chi connectivity index (χ2n) is 6.45. The van der Waals surface area contributed by atoms with E-state index in [0.717, 1.165) is 11.3 Å². The van der Waals surface area contributed by atoms with Crippen LogP contribution in [-0.2, 0) is 16.4 Å². The van der Waals surface area contributed by atoms with Crippen LogP contribution in [0.2, 0.25) is 0 Å². The average Bonchev–Trinajstić information content (AvgIpc) is 3.01. The number of carbonyl (C=O) groups excluding carboxylic acids is 1. The molecule has 0 aliphatic carbocycles. The molecule has 1 saturated heterocycles. The molecule has 2 aromatic carbocycles. The zero-order chi connectivity index (χ0) is 18.6. The van der Waals surface area contributed by atoms with Gasteiger partial charge in [-0.1, -0.05) is 30.3 Å². The molecule has 1 heterocycles. The van der Waals surface area contributed by atoms with Gasteiger partial charge in [0.05, 0.1) is 11.5 Å². The molecular formula is C20H23NO4S. The Balaban J connectivity index is 1.64. The van der Waals surface area contributed by atoms with E-state index in [0.29, 0.717) is 25.1 Å². The molecule has 0 aromatic heterocycles. The largest absolute Gasteiger partial charge is 0.489 e. The van der Waals surface area contributed by atoms with Crippen molar-refractivity contribution in [3.05, 3.63) is 65.7 Å². The van der Waals surface area contributed by atoms with E-state index in [4.69, 9.17) is 4.74 Å². The van der Waals surface area contributed by atoms with Crippen LogP contribution in [-0.4, -0.2) is 43.3 Å². The van der Waals surface area contributed by atoms with E-state index in [-0.39, 0.29) is 23.5 Å². The molecule has 0 N–H and O–H groups in total. The summed E-state index contributed by atoms with van der Waals surface area (Å²) in [5.74, 6) is 0.907. The molecule has 5 nitrogen and oxygen atoms in total. The van der Waals surface area contributed by atoms with Crippen molar-refractivity contribution in [1.82, 2.24) is 4.90 Å². The molecule has 1 aliphatic heterocycles. The number of carbonyl (C=O) groups is 1. The molecule has 1 atom stereocenters. The van der Waals surface area contributed by atoms with E-state index < -0.39 is 9.84 Å². The standard InChI is InChI=1S/C20H23NO4S/c1-2-21(18-12-13-26(23,24)15-18)20(22)17-10-8-16(9-11-17)14-25-19-6-4-3-5-7-19/h3-11,18H,2,12-15H2,1H3. The fourth-order valence-electron chi connectivity index (χ4n) is 3.18. The van der Waals surface area contributed by atoms with Gasteiger partial charge >= 0.3 is 0 Å². The van der Waals surface area contributed by atoms with E-state index >= 15 is 0 Å². The lowest BCUT2D eigenvalue weighted by Gasteiger charge is -2.27. The molecule has 6 heteroatoms. The number of amides is 1. The van der Waals surface area contributed by atoms with Crippen molar-refractivity contribution < 1.29 is 17.9 Å². The molecule has 0 spiro atoms. The van der Waals surface area contributed by atoms with Gasteiger partial charge < -0.3 is 9.64 Å². The highest BCUT2D eigenvalue weighted by Gasteiger charge is 2.34. The van der Waals surface area contributed by atoms with Crippen molar-refractivity contribution >= 4 is 15.7 Å². The smallest absolute Gasteiger partial charge is 0.254 e. The summed E-state index contributed by atoms with van der Waals surface area (Å²) >= 11 is 0. The molecule has 1 unspecified atom stereocenters. The fourth-order valence-corrected chi connectivity index (χ4v) is 4.91. The first kappa shape index (κ1) is 18.5. The third-order valence-electron chi connectivity index (χ3n) is 4.60. The topological polar surface area (TPSA) is 63.7 Å². The predicted molar refractivity (Wildman–Crippen MR) is 101 cm³/mol. The number of nitrogens with zero attached hydrogens (tertiary/aromatic N) is 1. The molecular weight excluding hydrogens is 350 g/mol. The van der Waals surface area contributed by atoms with Crippen LogP contribution in [0.4, 0.5) is 0 Å². The van der Waals surface area contributed by atoms with Gasteiger partial charge in [-0.2, -0.15) is 0 Å². The predicted octanol–water partition coefficient (Wildman–Crippen LogP) is 2.91.